The van der Waals surface area contributed by atoms with Crippen LogP contribution in [0.15, 0.2) is 182 Å². The number of benzene rings is 7. The van der Waals surface area contributed by atoms with Gasteiger partial charge in [0.2, 0.25) is 0 Å². The average molecular weight is 639 g/mol. The van der Waals surface area contributed by atoms with E-state index in [9.17, 15) is 0 Å². The van der Waals surface area contributed by atoms with Crippen LogP contribution >= 0.6 is 0 Å². The maximum absolute atomic E-state index is 5.02. The van der Waals surface area contributed by atoms with Crippen LogP contribution in [0.4, 0.5) is 0 Å². The minimum absolute atomic E-state index is 0.620. The van der Waals surface area contributed by atoms with Crippen LogP contribution in [0.2, 0.25) is 0 Å². The normalized spacial score (nSPS) is 11.2. The Labute approximate surface area is 290 Å². The number of pyridine rings is 1. The molecule has 0 aliphatic carbocycles. The fourth-order valence-electron chi connectivity index (χ4n) is 6.45. The minimum Gasteiger partial charge on any atom is -0.256 e. The summed E-state index contributed by atoms with van der Waals surface area (Å²) in [6, 6.07) is 61.2. The van der Waals surface area contributed by atoms with Crippen LogP contribution in [-0.2, 0) is 0 Å². The molecule has 0 atom stereocenters. The zero-order valence-electron chi connectivity index (χ0n) is 27.1. The molecule has 0 N–H and O–H groups in total. The van der Waals surface area contributed by atoms with Gasteiger partial charge in [-0.05, 0) is 68.1 Å². The average Bonchev–Trinajstić information content (AvgIpc) is 3.21. The van der Waals surface area contributed by atoms with E-state index in [-0.39, 0.29) is 0 Å². The van der Waals surface area contributed by atoms with E-state index < -0.39 is 0 Å². The fourth-order valence-corrected chi connectivity index (χ4v) is 6.45. The van der Waals surface area contributed by atoms with Gasteiger partial charge in [-0.3, -0.25) is 4.98 Å². The first-order chi connectivity index (χ1) is 24.7. The van der Waals surface area contributed by atoms with E-state index in [2.05, 4.69) is 163 Å². The number of fused-ring (bicyclic) bond motifs is 2. The fraction of sp³-hybridized carbons (Fsp3) is 0. The highest BCUT2D eigenvalue weighted by Crippen LogP contribution is 2.31. The van der Waals surface area contributed by atoms with Gasteiger partial charge in [0.1, 0.15) is 0 Å². The Balaban J connectivity index is 1.09. The molecule has 0 amide bonds. The van der Waals surface area contributed by atoms with Crippen molar-refractivity contribution in [2.24, 2.45) is 0 Å². The van der Waals surface area contributed by atoms with Crippen molar-refractivity contribution >= 4 is 21.5 Å². The van der Waals surface area contributed by atoms with Gasteiger partial charge in [-0.25, -0.2) is 15.0 Å². The lowest BCUT2D eigenvalue weighted by Crippen LogP contribution is -2.00. The molecule has 2 heterocycles. The summed E-state index contributed by atoms with van der Waals surface area (Å²) in [4.78, 5) is 19.5. The van der Waals surface area contributed by atoms with E-state index in [0.717, 1.165) is 39.1 Å². The van der Waals surface area contributed by atoms with Gasteiger partial charge in [-0.2, -0.15) is 0 Å². The second-order valence-electron chi connectivity index (χ2n) is 12.4. The van der Waals surface area contributed by atoms with Gasteiger partial charge in [0.05, 0.1) is 5.69 Å². The third-order valence-electron chi connectivity index (χ3n) is 9.19. The molecule has 0 fully saturated rings. The molecule has 0 radical (unpaired) electrons. The summed E-state index contributed by atoms with van der Waals surface area (Å²) in [6.07, 6.45) is 1.81. The maximum atomic E-state index is 5.02. The van der Waals surface area contributed by atoms with E-state index in [1.165, 1.54) is 32.7 Å². The van der Waals surface area contributed by atoms with Crippen molar-refractivity contribution in [2.75, 3.05) is 0 Å². The standard InChI is InChI=1S/C46H30N4/c1-3-9-39-29-41(26-16-31(39)7-1)33-12-20-36(21-13-33)44-48-45(50-46(49-44)38-24-18-35(19-25-38)43-11-5-6-28-47-43)37-22-14-34(15-23-37)42-27-17-32-8-2-4-10-40(32)30-42/h1-30H. The number of nitrogens with zero attached hydrogens (tertiary/aromatic N) is 4. The number of hydrogen-bond donors (Lipinski definition) is 0. The molecule has 0 unspecified atom stereocenters. The molecule has 4 nitrogen and oxygen atoms in total. The van der Waals surface area contributed by atoms with Gasteiger partial charge < -0.3 is 0 Å². The van der Waals surface area contributed by atoms with Gasteiger partial charge in [0, 0.05) is 28.5 Å². The first kappa shape index (κ1) is 29.4. The molecule has 50 heavy (non-hydrogen) atoms. The molecular formula is C46H30N4. The summed E-state index contributed by atoms with van der Waals surface area (Å²) in [5, 5.41) is 4.91. The van der Waals surface area contributed by atoms with Crippen molar-refractivity contribution < 1.29 is 0 Å². The lowest BCUT2D eigenvalue weighted by atomic mass is 10.00. The van der Waals surface area contributed by atoms with Gasteiger partial charge in [0.15, 0.2) is 17.5 Å². The Morgan fingerprint density at radius 2 is 0.620 bits per heavy atom. The molecule has 0 aliphatic heterocycles. The third kappa shape index (κ3) is 5.80. The zero-order valence-corrected chi connectivity index (χ0v) is 27.1. The molecule has 0 saturated carbocycles. The minimum atomic E-state index is 0.620. The molecular weight excluding hydrogens is 609 g/mol. The molecule has 234 valence electrons. The lowest BCUT2D eigenvalue weighted by molar-refractivity contribution is 1.07. The zero-order chi connectivity index (χ0) is 33.3. The van der Waals surface area contributed by atoms with Crippen LogP contribution in [0.3, 0.4) is 0 Å². The van der Waals surface area contributed by atoms with Crippen molar-refractivity contribution in [3.05, 3.63) is 182 Å². The highest BCUT2D eigenvalue weighted by molar-refractivity contribution is 5.88. The van der Waals surface area contributed by atoms with Crippen LogP contribution in [0.25, 0.3) is 89.2 Å². The van der Waals surface area contributed by atoms with Crippen LogP contribution in [0.5, 0.6) is 0 Å². The van der Waals surface area contributed by atoms with Crippen LogP contribution in [-0.4, -0.2) is 19.9 Å². The summed E-state index contributed by atoms with van der Waals surface area (Å²) < 4.78 is 0. The second-order valence-corrected chi connectivity index (χ2v) is 12.4. The molecule has 9 aromatic rings. The molecule has 7 aromatic carbocycles. The Bertz CT molecular complexity index is 2470. The van der Waals surface area contributed by atoms with E-state index in [1.807, 2.05) is 24.4 Å². The third-order valence-corrected chi connectivity index (χ3v) is 9.19. The highest BCUT2D eigenvalue weighted by Gasteiger charge is 2.14. The lowest BCUT2D eigenvalue weighted by Gasteiger charge is -2.11. The van der Waals surface area contributed by atoms with Gasteiger partial charge in [0.25, 0.3) is 0 Å². The van der Waals surface area contributed by atoms with Crippen LogP contribution in [0, 0.1) is 0 Å². The van der Waals surface area contributed by atoms with E-state index >= 15 is 0 Å². The van der Waals surface area contributed by atoms with Crippen molar-refractivity contribution in [3.8, 4) is 67.7 Å². The summed E-state index contributed by atoms with van der Waals surface area (Å²) in [7, 11) is 0. The first-order valence-electron chi connectivity index (χ1n) is 16.7. The number of hydrogen-bond acceptors (Lipinski definition) is 4. The summed E-state index contributed by atoms with van der Waals surface area (Å²) in [5.41, 5.74) is 9.36. The number of rotatable bonds is 6. The Kier molecular flexibility index (Phi) is 7.45. The summed E-state index contributed by atoms with van der Waals surface area (Å²) in [6.45, 7) is 0. The molecule has 9 rings (SSSR count). The highest BCUT2D eigenvalue weighted by atomic mass is 15.0. The first-order valence-corrected chi connectivity index (χ1v) is 16.7. The Morgan fingerprint density at radius 1 is 0.260 bits per heavy atom. The molecule has 0 aliphatic rings. The topological polar surface area (TPSA) is 51.6 Å². The molecule has 4 heteroatoms. The SMILES string of the molecule is c1ccc(-c2ccc(-c3nc(-c4ccc(-c5ccc6ccccc6c5)cc4)nc(-c4ccc(-c5ccc6ccccc6c5)cc4)n3)cc2)nc1. The van der Waals surface area contributed by atoms with Gasteiger partial charge in [-0.1, -0.05) is 152 Å². The Hall–Kier alpha value is -6.78. The second kappa shape index (κ2) is 12.7. The predicted octanol–water partition coefficient (Wildman–Crippen LogP) is 11.6. The Morgan fingerprint density at radius 3 is 1.04 bits per heavy atom. The number of aromatic nitrogens is 4. The van der Waals surface area contributed by atoms with E-state index in [1.54, 1.807) is 0 Å². The van der Waals surface area contributed by atoms with Crippen molar-refractivity contribution in [1.29, 1.82) is 0 Å². The van der Waals surface area contributed by atoms with Crippen molar-refractivity contribution in [1.82, 2.24) is 19.9 Å². The molecule has 0 bridgehead atoms. The quantitative estimate of drug-likeness (QED) is 0.182. The maximum Gasteiger partial charge on any atom is 0.164 e. The van der Waals surface area contributed by atoms with E-state index in [4.69, 9.17) is 15.0 Å². The molecule has 0 spiro atoms. The largest absolute Gasteiger partial charge is 0.256 e. The van der Waals surface area contributed by atoms with Gasteiger partial charge >= 0.3 is 0 Å². The van der Waals surface area contributed by atoms with E-state index in [0.29, 0.717) is 17.5 Å². The molecule has 2 aromatic heterocycles. The summed E-state index contributed by atoms with van der Waals surface area (Å²) >= 11 is 0. The van der Waals surface area contributed by atoms with Crippen LogP contribution < -0.4 is 0 Å². The predicted molar refractivity (Wildman–Crippen MR) is 205 cm³/mol. The smallest absolute Gasteiger partial charge is 0.164 e. The van der Waals surface area contributed by atoms with Crippen molar-refractivity contribution in [3.63, 3.8) is 0 Å². The monoisotopic (exact) mass is 638 g/mol. The van der Waals surface area contributed by atoms with Crippen molar-refractivity contribution in [2.45, 2.75) is 0 Å². The summed E-state index contributed by atoms with van der Waals surface area (Å²) in [5.74, 6) is 1.87. The van der Waals surface area contributed by atoms with Gasteiger partial charge in [-0.15, -0.1) is 0 Å². The molecule has 0 saturated heterocycles. The van der Waals surface area contributed by atoms with Crippen LogP contribution in [0.1, 0.15) is 0 Å².